The summed E-state index contributed by atoms with van der Waals surface area (Å²) in [6.07, 6.45) is 6.10. The Bertz CT molecular complexity index is 772. The van der Waals surface area contributed by atoms with Crippen LogP contribution in [0.5, 0.6) is 0 Å². The molecule has 0 N–H and O–H groups in total. The average Bonchev–Trinajstić information content (AvgIpc) is 3.17. The van der Waals surface area contributed by atoms with Crippen molar-refractivity contribution in [2.75, 3.05) is 13.1 Å². The first kappa shape index (κ1) is 16.2. The van der Waals surface area contributed by atoms with Crippen molar-refractivity contribution in [1.29, 1.82) is 0 Å². The van der Waals surface area contributed by atoms with E-state index in [2.05, 4.69) is 58.1 Å². The van der Waals surface area contributed by atoms with Gasteiger partial charge in [0, 0.05) is 49.6 Å². The van der Waals surface area contributed by atoms with Crippen LogP contribution in [-0.4, -0.2) is 39.8 Å². The molecule has 0 saturated carbocycles. The van der Waals surface area contributed by atoms with E-state index in [9.17, 15) is 0 Å². The molecule has 0 spiro atoms. The Kier molecular flexibility index (Phi) is 4.49. The van der Waals surface area contributed by atoms with E-state index in [0.29, 0.717) is 5.92 Å². The quantitative estimate of drug-likeness (QED) is 0.842. The molecule has 0 radical (unpaired) electrons. The lowest BCUT2D eigenvalue weighted by Gasteiger charge is -2.16. The lowest BCUT2D eigenvalue weighted by atomic mass is 9.94. The van der Waals surface area contributed by atoms with Crippen molar-refractivity contribution in [3.63, 3.8) is 0 Å². The number of rotatable bonds is 5. The van der Waals surface area contributed by atoms with Crippen LogP contribution in [0.4, 0.5) is 0 Å². The molecule has 1 aromatic heterocycles. The van der Waals surface area contributed by atoms with Gasteiger partial charge in [0.05, 0.1) is 11.6 Å². The monoisotopic (exact) mass is 336 g/mol. The maximum absolute atomic E-state index is 5.72. The molecular formula is C20H24N4O. The zero-order valence-electron chi connectivity index (χ0n) is 14.9. The van der Waals surface area contributed by atoms with Gasteiger partial charge in [0.15, 0.2) is 0 Å². The summed E-state index contributed by atoms with van der Waals surface area (Å²) in [6.45, 7) is 6.99. The number of aromatic nitrogens is 2. The molecule has 5 heteroatoms. The Balaban J connectivity index is 1.42. The zero-order chi connectivity index (χ0) is 17.2. The Morgan fingerprint density at radius 2 is 2.04 bits per heavy atom. The minimum atomic E-state index is 0.163. The van der Waals surface area contributed by atoms with Crippen LogP contribution in [-0.2, 0) is 17.8 Å². The summed E-state index contributed by atoms with van der Waals surface area (Å²) in [5.74, 6) is 1.28. The molecule has 2 unspecified atom stereocenters. The largest absolute Gasteiger partial charge is 0.390 e. The first-order valence-electron chi connectivity index (χ1n) is 9.06. The number of nitrogens with zero attached hydrogens (tertiary/aromatic N) is 4. The van der Waals surface area contributed by atoms with Gasteiger partial charge in [-0.1, -0.05) is 41.9 Å². The van der Waals surface area contributed by atoms with Crippen molar-refractivity contribution < 1.29 is 4.84 Å². The molecule has 2 aliphatic heterocycles. The maximum atomic E-state index is 5.72. The number of hydrogen-bond acceptors (Lipinski definition) is 5. The molecule has 3 heterocycles. The summed E-state index contributed by atoms with van der Waals surface area (Å²) < 4.78 is 0. The number of fused-ring (bicyclic) bond motifs is 1. The Hall–Kier alpha value is -2.27. The molecule has 0 amide bonds. The molecular weight excluding hydrogens is 312 g/mol. The minimum absolute atomic E-state index is 0.163. The molecule has 1 saturated heterocycles. The fraction of sp³-hybridized carbons (Fsp3) is 0.450. The molecule has 0 bridgehead atoms. The Morgan fingerprint density at radius 3 is 2.80 bits per heavy atom. The van der Waals surface area contributed by atoms with Crippen molar-refractivity contribution in [3.05, 3.63) is 59.2 Å². The highest BCUT2D eigenvalue weighted by Crippen LogP contribution is 2.31. The molecule has 4 rings (SSSR count). The molecule has 1 aromatic carbocycles. The summed E-state index contributed by atoms with van der Waals surface area (Å²) in [6, 6.07) is 8.51. The van der Waals surface area contributed by atoms with Gasteiger partial charge in [0.25, 0.3) is 0 Å². The maximum Gasteiger partial charge on any atom is 0.149 e. The number of oxime groups is 1. The van der Waals surface area contributed by atoms with Gasteiger partial charge in [-0.2, -0.15) is 0 Å². The lowest BCUT2D eigenvalue weighted by molar-refractivity contribution is 0.0745. The summed E-state index contributed by atoms with van der Waals surface area (Å²) in [5.41, 5.74) is 4.68. The standard InChI is InChI=1S/C20H24N4O/c1-3-5-19-21-9-15(10-22-19)11-24-12-17-18(13-24)25-23-20(17)16-7-4-6-14(2)8-16/h4,6-10,17-18H,3,5,11-13H2,1-2H3. The third kappa shape index (κ3) is 3.42. The highest BCUT2D eigenvalue weighted by Gasteiger charge is 2.42. The van der Waals surface area contributed by atoms with Crippen LogP contribution >= 0.6 is 0 Å². The highest BCUT2D eigenvalue weighted by atomic mass is 16.6. The zero-order valence-corrected chi connectivity index (χ0v) is 14.9. The second-order valence-electron chi connectivity index (χ2n) is 7.05. The number of likely N-dealkylation sites (tertiary alicyclic amines) is 1. The van der Waals surface area contributed by atoms with Gasteiger partial charge in [0.1, 0.15) is 11.9 Å². The minimum Gasteiger partial charge on any atom is -0.390 e. The third-order valence-electron chi connectivity index (χ3n) is 4.93. The van der Waals surface area contributed by atoms with Gasteiger partial charge in [-0.25, -0.2) is 9.97 Å². The smallest absolute Gasteiger partial charge is 0.149 e. The first-order chi connectivity index (χ1) is 12.2. The van der Waals surface area contributed by atoms with E-state index in [1.54, 1.807) is 0 Å². The van der Waals surface area contributed by atoms with Crippen molar-refractivity contribution in [2.45, 2.75) is 39.3 Å². The van der Waals surface area contributed by atoms with Crippen LogP contribution in [0.25, 0.3) is 0 Å². The van der Waals surface area contributed by atoms with Crippen molar-refractivity contribution >= 4 is 5.71 Å². The van der Waals surface area contributed by atoms with Gasteiger partial charge in [-0.15, -0.1) is 0 Å². The lowest BCUT2D eigenvalue weighted by Crippen LogP contribution is -2.23. The summed E-state index contributed by atoms with van der Waals surface area (Å²) in [7, 11) is 0. The van der Waals surface area contributed by atoms with Crippen LogP contribution in [0.2, 0.25) is 0 Å². The highest BCUT2D eigenvalue weighted by molar-refractivity contribution is 6.03. The summed E-state index contributed by atoms with van der Waals surface area (Å²) >= 11 is 0. The Labute approximate surface area is 148 Å². The third-order valence-corrected chi connectivity index (χ3v) is 4.93. The van der Waals surface area contributed by atoms with E-state index in [-0.39, 0.29) is 6.10 Å². The van der Waals surface area contributed by atoms with E-state index in [1.165, 1.54) is 11.1 Å². The van der Waals surface area contributed by atoms with Gasteiger partial charge < -0.3 is 4.84 Å². The number of hydrogen-bond donors (Lipinski definition) is 0. The SMILES string of the molecule is CCCc1ncc(CN2CC3ON=C(c4cccc(C)c4)C3C2)cn1. The van der Waals surface area contributed by atoms with Crippen LogP contribution < -0.4 is 0 Å². The fourth-order valence-corrected chi connectivity index (χ4v) is 3.69. The number of benzene rings is 1. The van der Waals surface area contributed by atoms with Crippen LogP contribution in [0, 0.1) is 12.8 Å². The second-order valence-corrected chi connectivity index (χ2v) is 7.05. The van der Waals surface area contributed by atoms with Crippen LogP contribution in [0.15, 0.2) is 41.8 Å². The topological polar surface area (TPSA) is 50.6 Å². The predicted octanol–water partition coefficient (Wildman–Crippen LogP) is 2.97. The van der Waals surface area contributed by atoms with Crippen LogP contribution in [0.1, 0.15) is 35.9 Å². The molecule has 0 aliphatic carbocycles. The Morgan fingerprint density at radius 1 is 1.20 bits per heavy atom. The number of aryl methyl sites for hydroxylation is 2. The predicted molar refractivity (Wildman–Crippen MR) is 97.4 cm³/mol. The summed E-state index contributed by atoms with van der Waals surface area (Å²) in [4.78, 5) is 17.1. The molecule has 2 aliphatic rings. The van der Waals surface area contributed by atoms with E-state index >= 15 is 0 Å². The summed E-state index contributed by atoms with van der Waals surface area (Å²) in [5, 5.41) is 4.37. The van der Waals surface area contributed by atoms with E-state index in [1.807, 2.05) is 12.4 Å². The van der Waals surface area contributed by atoms with Crippen molar-refractivity contribution in [1.82, 2.24) is 14.9 Å². The molecule has 1 fully saturated rings. The van der Waals surface area contributed by atoms with E-state index in [4.69, 9.17) is 4.84 Å². The van der Waals surface area contributed by atoms with E-state index < -0.39 is 0 Å². The first-order valence-corrected chi connectivity index (χ1v) is 9.06. The second kappa shape index (κ2) is 6.92. The molecule has 130 valence electrons. The van der Waals surface area contributed by atoms with Gasteiger partial charge in [-0.05, 0) is 13.3 Å². The normalized spacial score (nSPS) is 22.6. The van der Waals surface area contributed by atoms with Crippen LogP contribution in [0.3, 0.4) is 0 Å². The molecule has 25 heavy (non-hydrogen) atoms. The fourth-order valence-electron chi connectivity index (χ4n) is 3.69. The average molecular weight is 336 g/mol. The van der Waals surface area contributed by atoms with Gasteiger partial charge in [0.2, 0.25) is 0 Å². The molecule has 5 nitrogen and oxygen atoms in total. The van der Waals surface area contributed by atoms with Crippen molar-refractivity contribution in [3.8, 4) is 0 Å². The van der Waals surface area contributed by atoms with E-state index in [0.717, 1.165) is 49.6 Å². The van der Waals surface area contributed by atoms with Gasteiger partial charge in [-0.3, -0.25) is 4.90 Å². The van der Waals surface area contributed by atoms with Gasteiger partial charge >= 0.3 is 0 Å². The molecule has 2 aromatic rings. The molecule has 2 atom stereocenters. The van der Waals surface area contributed by atoms with Crippen molar-refractivity contribution in [2.24, 2.45) is 11.1 Å².